The maximum Gasteiger partial charge on any atom is 0.343 e. The molecule has 0 radical (unpaired) electrons. The van der Waals surface area contributed by atoms with Gasteiger partial charge in [0, 0.05) is 40.8 Å². The summed E-state index contributed by atoms with van der Waals surface area (Å²) in [5.41, 5.74) is 3.43. The van der Waals surface area contributed by atoms with Crippen LogP contribution in [0.25, 0.3) is 17.0 Å². The first-order chi connectivity index (χ1) is 15.4. The van der Waals surface area contributed by atoms with Crippen molar-refractivity contribution in [2.45, 2.75) is 6.92 Å². The van der Waals surface area contributed by atoms with Gasteiger partial charge in [0.05, 0.1) is 11.1 Å². The number of benzene rings is 3. The zero-order valence-corrected chi connectivity index (χ0v) is 18.1. The third-order valence-corrected chi connectivity index (χ3v) is 5.66. The second-order valence-corrected chi connectivity index (χ2v) is 8.10. The molecule has 158 valence electrons. The lowest BCUT2D eigenvalue weighted by molar-refractivity contribution is 0.0734. The number of ether oxygens (including phenoxy) is 2. The summed E-state index contributed by atoms with van der Waals surface area (Å²) in [7, 11) is 1.96. The van der Waals surface area contributed by atoms with Crippen molar-refractivity contribution in [1.29, 1.82) is 0 Å². The summed E-state index contributed by atoms with van der Waals surface area (Å²) in [6.45, 7) is 1.79. The molecule has 2 heterocycles. The number of nitrogens with zero attached hydrogens (tertiary/aromatic N) is 1. The van der Waals surface area contributed by atoms with Crippen molar-refractivity contribution in [2.75, 3.05) is 0 Å². The maximum absolute atomic E-state index is 13.0. The van der Waals surface area contributed by atoms with Crippen molar-refractivity contribution >= 4 is 40.3 Å². The molecule has 0 spiro atoms. The number of hydrogen-bond donors (Lipinski definition) is 0. The van der Waals surface area contributed by atoms with Gasteiger partial charge in [0.25, 0.3) is 0 Å². The average Bonchev–Trinajstić information content (AvgIpc) is 3.25. The zero-order chi connectivity index (χ0) is 22.4. The summed E-state index contributed by atoms with van der Waals surface area (Å²) < 4.78 is 13.4. The van der Waals surface area contributed by atoms with Crippen LogP contribution in [-0.2, 0) is 7.05 Å². The van der Waals surface area contributed by atoms with E-state index in [1.54, 1.807) is 43.3 Å². The third kappa shape index (κ3) is 3.47. The Morgan fingerprint density at radius 3 is 2.72 bits per heavy atom. The number of ketones is 1. The number of carbonyl (C=O) groups is 2. The van der Waals surface area contributed by atoms with Crippen molar-refractivity contribution in [2.24, 2.45) is 7.05 Å². The van der Waals surface area contributed by atoms with Gasteiger partial charge in [0.2, 0.25) is 5.78 Å². The van der Waals surface area contributed by atoms with Crippen molar-refractivity contribution in [3.8, 4) is 11.5 Å². The molecule has 0 saturated heterocycles. The minimum absolute atomic E-state index is 0.196. The lowest BCUT2D eigenvalue weighted by Gasteiger charge is -2.08. The molecule has 0 N–H and O–H groups in total. The topological polar surface area (TPSA) is 57.5 Å². The third-order valence-electron chi connectivity index (χ3n) is 5.43. The van der Waals surface area contributed by atoms with Crippen molar-refractivity contribution in [3.05, 3.63) is 99.9 Å². The van der Waals surface area contributed by atoms with Gasteiger partial charge in [0.1, 0.15) is 11.5 Å². The highest BCUT2D eigenvalue weighted by Crippen LogP contribution is 2.38. The molecule has 0 aliphatic carbocycles. The van der Waals surface area contributed by atoms with Crippen LogP contribution in [0.15, 0.2) is 72.6 Å². The highest BCUT2D eigenvalue weighted by Gasteiger charge is 2.30. The maximum atomic E-state index is 13.0. The molecule has 0 unspecified atom stereocenters. The monoisotopic (exact) mass is 443 g/mol. The molecule has 1 aliphatic rings. The Balaban J connectivity index is 1.46. The molecule has 0 saturated carbocycles. The Labute approximate surface area is 189 Å². The molecule has 5 rings (SSSR count). The van der Waals surface area contributed by atoms with Crippen LogP contribution in [-0.4, -0.2) is 16.3 Å². The molecule has 0 fully saturated rings. The SMILES string of the molecule is Cc1cc(OC(=O)c2cccc(Cl)c2)cc2c1C(=O)/C(=C/c1cn(C)c3ccccc13)O2. The number of hydrogen-bond acceptors (Lipinski definition) is 4. The molecule has 0 atom stereocenters. The van der Waals surface area contributed by atoms with Gasteiger partial charge in [-0.2, -0.15) is 0 Å². The molecule has 6 heteroatoms. The second kappa shape index (κ2) is 7.70. The van der Waals surface area contributed by atoms with Crippen LogP contribution in [0.4, 0.5) is 0 Å². The van der Waals surface area contributed by atoms with Crippen LogP contribution in [0.1, 0.15) is 31.8 Å². The first-order valence-electron chi connectivity index (χ1n) is 10.0. The van der Waals surface area contributed by atoms with E-state index >= 15 is 0 Å². The molecular weight excluding hydrogens is 426 g/mol. The number of para-hydroxylation sites is 1. The van der Waals surface area contributed by atoms with Gasteiger partial charge in [-0.05, 0) is 48.9 Å². The summed E-state index contributed by atoms with van der Waals surface area (Å²) in [5, 5.41) is 1.48. The first kappa shape index (κ1) is 20.1. The number of fused-ring (bicyclic) bond motifs is 2. The minimum Gasteiger partial charge on any atom is -0.452 e. The molecule has 5 nitrogen and oxygen atoms in total. The Bertz CT molecular complexity index is 1450. The predicted molar refractivity (Wildman–Crippen MR) is 123 cm³/mol. The molecular formula is C26H18ClNO4. The number of aromatic nitrogens is 1. The molecule has 0 amide bonds. The lowest BCUT2D eigenvalue weighted by Crippen LogP contribution is -2.08. The Morgan fingerprint density at radius 1 is 1.09 bits per heavy atom. The molecule has 1 aliphatic heterocycles. The minimum atomic E-state index is -0.539. The highest BCUT2D eigenvalue weighted by atomic mass is 35.5. The Morgan fingerprint density at radius 2 is 1.91 bits per heavy atom. The van der Waals surface area contributed by atoms with Crippen molar-refractivity contribution in [3.63, 3.8) is 0 Å². The van der Waals surface area contributed by atoms with E-state index in [1.165, 1.54) is 6.07 Å². The van der Waals surface area contributed by atoms with Crippen LogP contribution < -0.4 is 9.47 Å². The van der Waals surface area contributed by atoms with Crippen LogP contribution in [0.2, 0.25) is 5.02 Å². The summed E-state index contributed by atoms with van der Waals surface area (Å²) in [4.78, 5) is 25.5. The number of esters is 1. The van der Waals surface area contributed by atoms with E-state index in [4.69, 9.17) is 21.1 Å². The molecule has 3 aromatic carbocycles. The zero-order valence-electron chi connectivity index (χ0n) is 17.4. The lowest BCUT2D eigenvalue weighted by atomic mass is 10.0. The Hall–Kier alpha value is -3.83. The Kier molecular flexibility index (Phi) is 4.83. The van der Waals surface area contributed by atoms with Crippen LogP contribution in [0.5, 0.6) is 11.5 Å². The van der Waals surface area contributed by atoms with E-state index in [2.05, 4.69) is 0 Å². The van der Waals surface area contributed by atoms with E-state index in [9.17, 15) is 9.59 Å². The van der Waals surface area contributed by atoms with Gasteiger partial charge in [-0.1, -0.05) is 35.9 Å². The fourth-order valence-corrected chi connectivity index (χ4v) is 4.14. The highest BCUT2D eigenvalue weighted by molar-refractivity contribution is 6.30. The van der Waals surface area contributed by atoms with Gasteiger partial charge < -0.3 is 14.0 Å². The van der Waals surface area contributed by atoms with Crippen LogP contribution in [0.3, 0.4) is 0 Å². The van der Waals surface area contributed by atoms with Gasteiger partial charge in [-0.3, -0.25) is 4.79 Å². The number of aryl methyl sites for hydroxylation is 2. The number of halogens is 1. The fourth-order valence-electron chi connectivity index (χ4n) is 3.95. The van der Waals surface area contributed by atoms with Gasteiger partial charge >= 0.3 is 5.97 Å². The van der Waals surface area contributed by atoms with E-state index in [0.717, 1.165) is 16.5 Å². The number of Topliss-reactive ketones (excluding diaryl/α,β-unsaturated/α-hetero) is 1. The van der Waals surface area contributed by atoms with Gasteiger partial charge in [-0.15, -0.1) is 0 Å². The average molecular weight is 444 g/mol. The van der Waals surface area contributed by atoms with E-state index < -0.39 is 5.97 Å². The van der Waals surface area contributed by atoms with E-state index in [1.807, 2.05) is 42.1 Å². The second-order valence-electron chi connectivity index (χ2n) is 7.67. The number of rotatable bonds is 3. The predicted octanol–water partition coefficient (Wildman–Crippen LogP) is 5.98. The first-order valence-corrected chi connectivity index (χ1v) is 10.4. The van der Waals surface area contributed by atoms with Crippen molar-refractivity contribution < 1.29 is 19.1 Å². The standard InChI is InChI=1S/C26H18ClNO4/c1-15-10-19(31-26(30)16-6-5-7-18(27)11-16)13-22-24(15)25(29)23(32-22)12-17-14-28(2)21-9-4-3-8-20(17)21/h3-14H,1-2H3/b23-12-. The van der Waals surface area contributed by atoms with Gasteiger partial charge in [0.15, 0.2) is 5.76 Å². The molecule has 0 bridgehead atoms. The largest absolute Gasteiger partial charge is 0.452 e. The number of carbonyl (C=O) groups excluding carboxylic acids is 2. The summed E-state index contributed by atoms with van der Waals surface area (Å²) in [6.07, 6.45) is 3.71. The smallest absolute Gasteiger partial charge is 0.343 e. The molecule has 1 aromatic heterocycles. The normalized spacial score (nSPS) is 14.0. The number of allylic oxidation sites excluding steroid dienone is 1. The van der Waals surface area contributed by atoms with Crippen LogP contribution >= 0.6 is 11.6 Å². The fraction of sp³-hybridized carbons (Fsp3) is 0.0769. The summed E-state index contributed by atoms with van der Waals surface area (Å²) in [6, 6.07) is 17.7. The van der Waals surface area contributed by atoms with E-state index in [-0.39, 0.29) is 11.5 Å². The van der Waals surface area contributed by atoms with Gasteiger partial charge in [-0.25, -0.2) is 4.79 Å². The quantitative estimate of drug-likeness (QED) is 0.222. The molecule has 4 aromatic rings. The summed E-state index contributed by atoms with van der Waals surface area (Å²) in [5.74, 6) is 0.166. The van der Waals surface area contributed by atoms with Crippen LogP contribution in [0, 0.1) is 6.92 Å². The van der Waals surface area contributed by atoms with E-state index in [0.29, 0.717) is 33.2 Å². The van der Waals surface area contributed by atoms with Crippen molar-refractivity contribution in [1.82, 2.24) is 4.57 Å². The molecule has 32 heavy (non-hydrogen) atoms. The summed E-state index contributed by atoms with van der Waals surface area (Å²) >= 11 is 5.96.